The Morgan fingerprint density at radius 1 is 0.914 bits per heavy atom. The number of carbonyl (C=O) groups is 1. The number of nitrogens with zero attached hydrogens (tertiary/aromatic N) is 3. The van der Waals surface area contributed by atoms with Crippen LogP contribution in [0.4, 0.5) is 10.5 Å². The molecule has 0 amide bonds. The van der Waals surface area contributed by atoms with Gasteiger partial charge in [0.1, 0.15) is 0 Å². The van der Waals surface area contributed by atoms with Crippen molar-refractivity contribution in [3.05, 3.63) is 88.9 Å². The average Bonchev–Trinajstić information content (AvgIpc) is 3.23. The van der Waals surface area contributed by atoms with Gasteiger partial charge in [0.25, 0.3) is 0 Å². The summed E-state index contributed by atoms with van der Waals surface area (Å²) in [6.07, 6.45) is -0.854. The number of carbonyl (C=O) groups excluding carboxylic acids is 1. The van der Waals surface area contributed by atoms with Gasteiger partial charge in [-0.1, -0.05) is 54.6 Å². The minimum atomic E-state index is -0.854. The molecule has 1 fully saturated rings. The zero-order valence-electron chi connectivity index (χ0n) is 19.6. The van der Waals surface area contributed by atoms with Crippen molar-refractivity contribution in [2.45, 2.75) is 13.3 Å². The van der Waals surface area contributed by atoms with E-state index in [1.54, 1.807) is 6.07 Å². The van der Waals surface area contributed by atoms with E-state index in [2.05, 4.69) is 63.1 Å². The summed E-state index contributed by atoms with van der Waals surface area (Å²) in [6, 6.07) is 24.7. The number of fused-ring (bicyclic) bond motifs is 1. The van der Waals surface area contributed by atoms with Crippen LogP contribution in [0, 0.1) is 0 Å². The number of hydrogen-bond acceptors (Lipinski definition) is 7. The van der Waals surface area contributed by atoms with Gasteiger partial charge in [0.15, 0.2) is 12.3 Å². The molecule has 1 saturated heterocycles. The van der Waals surface area contributed by atoms with Crippen LogP contribution in [0.3, 0.4) is 0 Å². The normalized spacial score (nSPS) is 14.3. The van der Waals surface area contributed by atoms with Gasteiger partial charge in [0.2, 0.25) is 0 Å². The van der Waals surface area contributed by atoms with E-state index < -0.39 is 11.9 Å². The first kappa shape index (κ1) is 22.7. The molecule has 1 aliphatic rings. The van der Waals surface area contributed by atoms with Crippen LogP contribution in [0.15, 0.2) is 82.0 Å². The Hall–Kier alpha value is -4.04. The van der Waals surface area contributed by atoms with Crippen LogP contribution in [0.2, 0.25) is 0 Å². The molecular weight excluding hydrogens is 446 g/mol. The molecule has 0 atom stereocenters. The maximum Gasteiger partial charge on any atom is 0.509 e. The highest BCUT2D eigenvalue weighted by molar-refractivity contribution is 5.87. The Morgan fingerprint density at radius 3 is 2.43 bits per heavy atom. The Balaban J connectivity index is 1.27. The molecule has 0 radical (unpaired) electrons. The smallest absolute Gasteiger partial charge is 0.438 e. The molecule has 0 unspecified atom stereocenters. The van der Waals surface area contributed by atoms with Crippen LogP contribution in [0.5, 0.6) is 0 Å². The first-order valence-electron chi connectivity index (χ1n) is 11.6. The molecular formula is C27H27N3O5. The molecule has 2 heterocycles. The fraction of sp³-hybridized carbons (Fsp3) is 0.259. The highest BCUT2D eigenvalue weighted by Crippen LogP contribution is 2.28. The molecule has 35 heavy (non-hydrogen) atoms. The van der Waals surface area contributed by atoms with E-state index >= 15 is 0 Å². The molecule has 180 valence electrons. The number of anilines is 1. The number of rotatable bonds is 6. The number of para-hydroxylation sites is 1. The summed E-state index contributed by atoms with van der Waals surface area (Å²) < 4.78 is 16.3. The van der Waals surface area contributed by atoms with Crippen molar-refractivity contribution < 1.29 is 18.7 Å². The molecule has 1 aromatic heterocycles. The summed E-state index contributed by atoms with van der Waals surface area (Å²) in [5, 5.41) is 0. The molecule has 8 heteroatoms. The van der Waals surface area contributed by atoms with Gasteiger partial charge in [-0.2, -0.15) is 0 Å². The van der Waals surface area contributed by atoms with E-state index in [1.807, 2.05) is 18.2 Å². The Kier molecular flexibility index (Phi) is 6.54. The van der Waals surface area contributed by atoms with Gasteiger partial charge in [-0.25, -0.2) is 14.2 Å². The second-order valence-electron chi connectivity index (χ2n) is 8.48. The minimum absolute atomic E-state index is 0.266. The summed E-state index contributed by atoms with van der Waals surface area (Å²) in [7, 11) is 1.22. The quantitative estimate of drug-likeness (QED) is 0.386. The molecule has 3 aromatic carbocycles. The lowest BCUT2D eigenvalue weighted by molar-refractivity contribution is 0.0479. The summed E-state index contributed by atoms with van der Waals surface area (Å²) in [5.74, 6) is -0.576. The van der Waals surface area contributed by atoms with Gasteiger partial charge in [-0.15, -0.1) is 0 Å². The van der Waals surface area contributed by atoms with E-state index in [1.165, 1.54) is 28.4 Å². The zero-order valence-corrected chi connectivity index (χ0v) is 19.6. The summed E-state index contributed by atoms with van der Waals surface area (Å²) in [6.45, 7) is 4.02. The topological polar surface area (TPSA) is 77.1 Å². The minimum Gasteiger partial charge on any atom is -0.438 e. The third kappa shape index (κ3) is 4.93. The van der Waals surface area contributed by atoms with Gasteiger partial charge in [0.05, 0.1) is 18.3 Å². The molecule has 1 aliphatic heterocycles. The van der Waals surface area contributed by atoms with Crippen LogP contribution in [-0.4, -0.2) is 48.9 Å². The first-order valence-corrected chi connectivity index (χ1v) is 11.6. The molecule has 0 spiro atoms. The fourth-order valence-corrected chi connectivity index (χ4v) is 4.50. The number of benzene rings is 3. The number of piperazine rings is 1. The highest BCUT2D eigenvalue weighted by atomic mass is 16.7. The van der Waals surface area contributed by atoms with E-state index in [0.29, 0.717) is 11.1 Å². The second-order valence-corrected chi connectivity index (χ2v) is 8.48. The molecule has 0 N–H and O–H groups in total. The van der Waals surface area contributed by atoms with Gasteiger partial charge < -0.3 is 18.8 Å². The van der Waals surface area contributed by atoms with Crippen molar-refractivity contribution in [1.82, 2.24) is 9.47 Å². The summed E-state index contributed by atoms with van der Waals surface area (Å²) >= 11 is 0. The van der Waals surface area contributed by atoms with E-state index in [4.69, 9.17) is 9.15 Å². The largest absolute Gasteiger partial charge is 0.509 e. The van der Waals surface area contributed by atoms with Gasteiger partial charge >= 0.3 is 11.9 Å². The van der Waals surface area contributed by atoms with Crippen LogP contribution in [0.1, 0.15) is 5.56 Å². The number of oxazole rings is 1. The monoisotopic (exact) mass is 473 g/mol. The lowest BCUT2D eigenvalue weighted by atomic mass is 10.0. The predicted octanol–water partition coefficient (Wildman–Crippen LogP) is 4.32. The Bertz CT molecular complexity index is 1370. The predicted molar refractivity (Wildman–Crippen MR) is 133 cm³/mol. The van der Waals surface area contributed by atoms with Crippen LogP contribution in [0.25, 0.3) is 22.2 Å². The summed E-state index contributed by atoms with van der Waals surface area (Å²) in [5.41, 5.74) is 5.67. The standard InChI is InChI=1S/C27H27N3O5/c1-33-27(32)34-19-30-24-12-6-11-23(25(24)35-26(30)31)29-15-13-28(14-16-29)18-20-7-5-10-22(17-20)21-8-3-2-4-9-21/h2-12,17H,13-16,18-19H2,1H3. The molecule has 8 nitrogen and oxygen atoms in total. The third-order valence-electron chi connectivity index (χ3n) is 6.31. The molecule has 5 rings (SSSR count). The van der Waals surface area contributed by atoms with Crippen molar-refractivity contribution in [1.29, 1.82) is 0 Å². The lowest BCUT2D eigenvalue weighted by Crippen LogP contribution is -2.46. The van der Waals surface area contributed by atoms with Crippen molar-refractivity contribution >= 4 is 22.9 Å². The van der Waals surface area contributed by atoms with Crippen molar-refractivity contribution in [3.8, 4) is 11.1 Å². The van der Waals surface area contributed by atoms with Gasteiger partial charge in [-0.05, 0) is 34.9 Å². The van der Waals surface area contributed by atoms with Crippen molar-refractivity contribution in [3.63, 3.8) is 0 Å². The van der Waals surface area contributed by atoms with Crippen LogP contribution >= 0.6 is 0 Å². The molecule has 0 aliphatic carbocycles. The Labute approximate surface area is 202 Å². The van der Waals surface area contributed by atoms with Crippen LogP contribution in [-0.2, 0) is 22.7 Å². The van der Waals surface area contributed by atoms with E-state index in [9.17, 15) is 9.59 Å². The first-order chi connectivity index (χ1) is 17.1. The second kappa shape index (κ2) is 10.1. The summed E-state index contributed by atoms with van der Waals surface area (Å²) in [4.78, 5) is 28.4. The highest BCUT2D eigenvalue weighted by Gasteiger charge is 2.22. The lowest BCUT2D eigenvalue weighted by Gasteiger charge is -2.36. The van der Waals surface area contributed by atoms with Gasteiger partial charge in [-0.3, -0.25) is 4.90 Å². The molecule has 4 aromatic rings. The number of hydrogen-bond donors (Lipinski definition) is 0. The molecule has 0 saturated carbocycles. The maximum atomic E-state index is 12.4. The fourth-order valence-electron chi connectivity index (χ4n) is 4.50. The van der Waals surface area contributed by atoms with Crippen molar-refractivity contribution in [2.75, 3.05) is 38.2 Å². The average molecular weight is 474 g/mol. The van der Waals surface area contributed by atoms with Crippen molar-refractivity contribution in [2.24, 2.45) is 0 Å². The van der Waals surface area contributed by atoms with Gasteiger partial charge in [0, 0.05) is 32.7 Å². The zero-order chi connectivity index (χ0) is 24.2. The molecule has 0 bridgehead atoms. The third-order valence-corrected chi connectivity index (χ3v) is 6.31. The van der Waals surface area contributed by atoms with E-state index in [0.717, 1.165) is 38.4 Å². The Morgan fingerprint density at radius 2 is 1.66 bits per heavy atom. The number of ether oxygens (including phenoxy) is 2. The number of methoxy groups -OCH3 is 1. The SMILES string of the molecule is COC(=O)OCn1c(=O)oc2c(N3CCN(Cc4cccc(-c5ccccc5)c4)CC3)cccc21. The van der Waals surface area contributed by atoms with Crippen LogP contribution < -0.4 is 10.7 Å². The number of aromatic nitrogens is 1. The maximum absolute atomic E-state index is 12.4. The van der Waals surface area contributed by atoms with E-state index in [-0.39, 0.29) is 6.73 Å².